The normalized spacial score (nSPS) is 10.5. The van der Waals surface area contributed by atoms with Crippen LogP contribution in [0, 0.1) is 0 Å². The van der Waals surface area contributed by atoms with Gasteiger partial charge in [0, 0.05) is 6.54 Å². The fourth-order valence-corrected chi connectivity index (χ4v) is 2.27. The van der Waals surface area contributed by atoms with Crippen molar-refractivity contribution in [2.24, 2.45) is 5.10 Å². The molecule has 0 radical (unpaired) electrons. The van der Waals surface area contributed by atoms with Gasteiger partial charge in [-0.1, -0.05) is 13.8 Å². The van der Waals surface area contributed by atoms with Crippen LogP contribution in [0.1, 0.15) is 32.3 Å². The summed E-state index contributed by atoms with van der Waals surface area (Å²) in [5, 5.41) is 6.24. The van der Waals surface area contributed by atoms with Crippen molar-refractivity contribution in [2.45, 2.75) is 26.7 Å². The summed E-state index contributed by atoms with van der Waals surface area (Å²) in [4.78, 5) is 22.9. The summed E-state index contributed by atoms with van der Waals surface area (Å²) in [6, 6.07) is 3.50. The maximum atomic E-state index is 11.5. The third-order valence-corrected chi connectivity index (χ3v) is 3.41. The Hall–Kier alpha value is -2.09. The summed E-state index contributed by atoms with van der Waals surface area (Å²) in [5.74, 6) is -0.365. The molecule has 0 atom stereocenters. The minimum absolute atomic E-state index is 0.444. The van der Waals surface area contributed by atoms with Crippen molar-refractivity contribution in [3.8, 4) is 11.5 Å². The molecule has 2 amide bonds. The van der Waals surface area contributed by atoms with Gasteiger partial charge >= 0.3 is 11.8 Å². The Bertz CT molecular complexity index is 605. The molecule has 0 aromatic heterocycles. The molecule has 0 aliphatic heterocycles. The van der Waals surface area contributed by atoms with Crippen molar-refractivity contribution >= 4 is 34.0 Å². The van der Waals surface area contributed by atoms with Crippen molar-refractivity contribution < 1.29 is 19.1 Å². The SMILES string of the molecule is CCCNC(=O)C(=O)N/N=C\c1cc(Br)c(OCCC)c(OC)c1. The van der Waals surface area contributed by atoms with Crippen LogP contribution < -0.4 is 20.2 Å². The molecule has 132 valence electrons. The molecule has 0 aliphatic carbocycles. The average molecular weight is 400 g/mol. The summed E-state index contributed by atoms with van der Waals surface area (Å²) in [6.07, 6.45) is 3.05. The predicted octanol–water partition coefficient (Wildman–Crippen LogP) is 2.22. The second-order valence-corrected chi connectivity index (χ2v) is 5.69. The van der Waals surface area contributed by atoms with Crippen molar-refractivity contribution in [3.05, 3.63) is 22.2 Å². The smallest absolute Gasteiger partial charge is 0.329 e. The molecule has 0 heterocycles. The number of amides is 2. The van der Waals surface area contributed by atoms with Crippen LogP contribution in [0.5, 0.6) is 11.5 Å². The van der Waals surface area contributed by atoms with E-state index in [1.807, 2.05) is 13.8 Å². The van der Waals surface area contributed by atoms with E-state index in [0.29, 0.717) is 34.7 Å². The number of methoxy groups -OCH3 is 1. The maximum absolute atomic E-state index is 11.5. The molecule has 0 fully saturated rings. The van der Waals surface area contributed by atoms with E-state index in [2.05, 4.69) is 31.8 Å². The van der Waals surface area contributed by atoms with Crippen LogP contribution in [0.15, 0.2) is 21.7 Å². The molecule has 0 spiro atoms. The second-order valence-electron chi connectivity index (χ2n) is 4.84. The van der Waals surface area contributed by atoms with Crippen LogP contribution in [0.4, 0.5) is 0 Å². The summed E-state index contributed by atoms with van der Waals surface area (Å²) >= 11 is 3.42. The molecular formula is C16H22BrN3O4. The van der Waals surface area contributed by atoms with Crippen LogP contribution in [-0.4, -0.2) is 38.3 Å². The van der Waals surface area contributed by atoms with Crippen LogP contribution in [0.25, 0.3) is 0 Å². The summed E-state index contributed by atoms with van der Waals surface area (Å²) in [6.45, 7) is 4.93. The van der Waals surface area contributed by atoms with Crippen LogP contribution in [0.3, 0.4) is 0 Å². The zero-order valence-electron chi connectivity index (χ0n) is 14.0. The molecule has 0 saturated heterocycles. The van der Waals surface area contributed by atoms with E-state index in [1.165, 1.54) is 6.21 Å². The number of benzene rings is 1. The third kappa shape index (κ3) is 6.19. The third-order valence-electron chi connectivity index (χ3n) is 2.82. The number of nitrogens with one attached hydrogen (secondary N) is 2. The van der Waals surface area contributed by atoms with Gasteiger partial charge < -0.3 is 14.8 Å². The Morgan fingerprint density at radius 3 is 2.62 bits per heavy atom. The lowest BCUT2D eigenvalue weighted by molar-refractivity contribution is -0.139. The molecule has 1 aromatic carbocycles. The van der Waals surface area contributed by atoms with E-state index < -0.39 is 11.8 Å². The monoisotopic (exact) mass is 399 g/mol. The highest BCUT2D eigenvalue weighted by atomic mass is 79.9. The Balaban J connectivity index is 2.75. The number of carbonyl (C=O) groups is 2. The van der Waals surface area contributed by atoms with E-state index in [-0.39, 0.29) is 0 Å². The first-order chi connectivity index (χ1) is 11.5. The molecule has 24 heavy (non-hydrogen) atoms. The van der Waals surface area contributed by atoms with Gasteiger partial charge in [-0.15, -0.1) is 0 Å². The van der Waals surface area contributed by atoms with Crippen molar-refractivity contribution in [2.75, 3.05) is 20.3 Å². The fourth-order valence-electron chi connectivity index (χ4n) is 1.69. The molecule has 0 unspecified atom stereocenters. The van der Waals surface area contributed by atoms with Crippen LogP contribution >= 0.6 is 15.9 Å². The van der Waals surface area contributed by atoms with E-state index in [0.717, 1.165) is 12.8 Å². The predicted molar refractivity (Wildman–Crippen MR) is 95.5 cm³/mol. The molecule has 0 aliphatic rings. The van der Waals surface area contributed by atoms with Gasteiger partial charge in [-0.05, 0) is 46.5 Å². The molecule has 8 heteroatoms. The first-order valence-electron chi connectivity index (χ1n) is 7.65. The highest BCUT2D eigenvalue weighted by Gasteiger charge is 2.12. The van der Waals surface area contributed by atoms with E-state index in [9.17, 15) is 9.59 Å². The van der Waals surface area contributed by atoms with Gasteiger partial charge in [0.15, 0.2) is 11.5 Å². The molecule has 1 aromatic rings. The number of rotatable bonds is 8. The molecule has 7 nitrogen and oxygen atoms in total. The number of hydrogen-bond acceptors (Lipinski definition) is 5. The Morgan fingerprint density at radius 1 is 1.25 bits per heavy atom. The Labute approximate surface area is 149 Å². The average Bonchev–Trinajstić information content (AvgIpc) is 2.58. The van der Waals surface area contributed by atoms with Crippen molar-refractivity contribution in [1.82, 2.24) is 10.7 Å². The lowest BCUT2D eigenvalue weighted by atomic mass is 10.2. The zero-order valence-corrected chi connectivity index (χ0v) is 15.6. The maximum Gasteiger partial charge on any atom is 0.329 e. The number of carbonyl (C=O) groups excluding carboxylic acids is 2. The molecule has 2 N–H and O–H groups in total. The fraction of sp³-hybridized carbons (Fsp3) is 0.438. The number of ether oxygens (including phenoxy) is 2. The van der Waals surface area contributed by atoms with Gasteiger partial charge in [0.05, 0.1) is 24.4 Å². The molecule has 0 bridgehead atoms. The standard InChI is InChI=1S/C16H22BrN3O4/c1-4-6-18-15(21)16(22)20-19-10-11-8-12(17)14(24-7-5-2)13(9-11)23-3/h8-10H,4-7H2,1-3H3,(H,18,21)(H,20,22)/b19-10-. The number of halogens is 1. The van der Waals surface area contributed by atoms with E-state index in [1.54, 1.807) is 19.2 Å². The Morgan fingerprint density at radius 2 is 2.00 bits per heavy atom. The summed E-state index contributed by atoms with van der Waals surface area (Å²) in [5.41, 5.74) is 2.85. The Kier molecular flexibility index (Phi) is 8.85. The van der Waals surface area contributed by atoms with Gasteiger partial charge in [-0.3, -0.25) is 9.59 Å². The number of hydrazone groups is 1. The minimum Gasteiger partial charge on any atom is -0.493 e. The zero-order chi connectivity index (χ0) is 17.9. The first kappa shape index (κ1) is 20.0. The second kappa shape index (κ2) is 10.6. The molecular weight excluding hydrogens is 378 g/mol. The number of hydrogen-bond donors (Lipinski definition) is 2. The van der Waals surface area contributed by atoms with Crippen molar-refractivity contribution in [1.29, 1.82) is 0 Å². The van der Waals surface area contributed by atoms with Crippen LogP contribution in [0.2, 0.25) is 0 Å². The van der Waals surface area contributed by atoms with Gasteiger partial charge in [0.2, 0.25) is 0 Å². The summed E-state index contributed by atoms with van der Waals surface area (Å²) < 4.78 is 11.7. The van der Waals surface area contributed by atoms with E-state index >= 15 is 0 Å². The number of nitrogens with zero attached hydrogens (tertiary/aromatic N) is 1. The first-order valence-corrected chi connectivity index (χ1v) is 8.44. The quantitative estimate of drug-likeness (QED) is 0.398. The van der Waals surface area contributed by atoms with E-state index in [4.69, 9.17) is 9.47 Å². The lowest BCUT2D eigenvalue weighted by Crippen LogP contribution is -2.38. The molecule has 1 rings (SSSR count). The van der Waals surface area contributed by atoms with Gasteiger partial charge in [-0.2, -0.15) is 5.10 Å². The van der Waals surface area contributed by atoms with Crippen molar-refractivity contribution in [3.63, 3.8) is 0 Å². The van der Waals surface area contributed by atoms with Gasteiger partial charge in [0.25, 0.3) is 0 Å². The van der Waals surface area contributed by atoms with Crippen LogP contribution in [-0.2, 0) is 9.59 Å². The highest BCUT2D eigenvalue weighted by Crippen LogP contribution is 2.36. The largest absolute Gasteiger partial charge is 0.493 e. The lowest BCUT2D eigenvalue weighted by Gasteiger charge is -2.12. The van der Waals surface area contributed by atoms with Gasteiger partial charge in [0.1, 0.15) is 0 Å². The topological polar surface area (TPSA) is 89.0 Å². The highest BCUT2D eigenvalue weighted by molar-refractivity contribution is 9.10. The summed E-state index contributed by atoms with van der Waals surface area (Å²) in [7, 11) is 1.54. The minimum atomic E-state index is -0.811. The molecule has 0 saturated carbocycles. The van der Waals surface area contributed by atoms with Gasteiger partial charge in [-0.25, -0.2) is 5.43 Å².